The molecule has 0 atom stereocenters. The van der Waals surface area contributed by atoms with Crippen LogP contribution in [0.25, 0.3) is 0 Å². The van der Waals surface area contributed by atoms with Crippen LogP contribution in [0, 0.1) is 0 Å². The number of likely N-dealkylation sites (N-methyl/N-ethyl adjacent to an activating group) is 1. The molecule has 0 radical (unpaired) electrons. The largest absolute Gasteiger partial charge is 0.355 e. The molecule has 1 saturated heterocycles. The van der Waals surface area contributed by atoms with E-state index in [2.05, 4.69) is 47.3 Å². The Labute approximate surface area is 110 Å². The van der Waals surface area contributed by atoms with Crippen LogP contribution in [0.1, 0.15) is 19.0 Å². The van der Waals surface area contributed by atoms with Crippen LogP contribution in [0.5, 0.6) is 0 Å². The summed E-state index contributed by atoms with van der Waals surface area (Å²) in [5, 5.41) is 3.32. The highest BCUT2D eigenvalue weighted by Crippen LogP contribution is 2.14. The molecular formula is C14H24N4. The van der Waals surface area contributed by atoms with E-state index in [0.29, 0.717) is 0 Å². The van der Waals surface area contributed by atoms with Gasteiger partial charge in [-0.3, -0.25) is 0 Å². The van der Waals surface area contributed by atoms with Crippen molar-refractivity contribution in [1.29, 1.82) is 0 Å². The van der Waals surface area contributed by atoms with Crippen LogP contribution in [0.2, 0.25) is 0 Å². The lowest BCUT2D eigenvalue weighted by Gasteiger charge is -2.22. The van der Waals surface area contributed by atoms with Crippen LogP contribution in [-0.4, -0.2) is 49.7 Å². The number of anilines is 1. The van der Waals surface area contributed by atoms with Gasteiger partial charge in [0.25, 0.3) is 0 Å². The van der Waals surface area contributed by atoms with Gasteiger partial charge >= 0.3 is 0 Å². The Morgan fingerprint density at radius 3 is 2.94 bits per heavy atom. The maximum absolute atomic E-state index is 4.75. The third-order valence-corrected chi connectivity index (χ3v) is 3.39. The Morgan fingerprint density at radius 1 is 1.22 bits per heavy atom. The predicted octanol–water partition coefficient (Wildman–Crippen LogP) is 1.33. The predicted molar refractivity (Wildman–Crippen MR) is 75.9 cm³/mol. The Hall–Kier alpha value is -1.13. The third-order valence-electron chi connectivity index (χ3n) is 3.39. The van der Waals surface area contributed by atoms with Crippen molar-refractivity contribution in [2.24, 2.45) is 0 Å². The molecule has 0 aromatic carbocycles. The molecule has 1 aliphatic rings. The average molecular weight is 248 g/mol. The Kier molecular flexibility index (Phi) is 4.96. The number of nitrogens with one attached hydrogen (secondary N) is 1. The molecule has 4 nitrogen and oxygen atoms in total. The van der Waals surface area contributed by atoms with Crippen molar-refractivity contribution in [3.8, 4) is 0 Å². The first-order valence-electron chi connectivity index (χ1n) is 6.89. The van der Waals surface area contributed by atoms with Gasteiger partial charge in [0.2, 0.25) is 0 Å². The molecule has 1 fully saturated rings. The Balaban J connectivity index is 2.02. The van der Waals surface area contributed by atoms with Crippen LogP contribution in [0.15, 0.2) is 18.2 Å². The van der Waals surface area contributed by atoms with Gasteiger partial charge in [0.05, 0.1) is 5.69 Å². The van der Waals surface area contributed by atoms with E-state index < -0.39 is 0 Å². The fourth-order valence-electron chi connectivity index (χ4n) is 2.27. The summed E-state index contributed by atoms with van der Waals surface area (Å²) in [6.45, 7) is 8.47. The molecule has 0 saturated carbocycles. The molecular weight excluding hydrogens is 224 g/mol. The highest BCUT2D eigenvalue weighted by molar-refractivity contribution is 5.39. The maximum atomic E-state index is 4.75. The van der Waals surface area contributed by atoms with E-state index >= 15 is 0 Å². The van der Waals surface area contributed by atoms with Crippen molar-refractivity contribution in [2.45, 2.75) is 19.9 Å². The van der Waals surface area contributed by atoms with Crippen molar-refractivity contribution in [3.05, 3.63) is 23.9 Å². The van der Waals surface area contributed by atoms with E-state index in [-0.39, 0.29) is 0 Å². The van der Waals surface area contributed by atoms with Gasteiger partial charge in [0.1, 0.15) is 5.82 Å². The summed E-state index contributed by atoms with van der Waals surface area (Å²) in [6.07, 6.45) is 1.22. The fourth-order valence-corrected chi connectivity index (χ4v) is 2.27. The molecule has 1 N–H and O–H groups in total. The normalized spacial score (nSPS) is 17.8. The molecule has 0 unspecified atom stereocenters. The number of pyridine rings is 1. The lowest BCUT2D eigenvalue weighted by Crippen LogP contribution is -2.29. The van der Waals surface area contributed by atoms with Gasteiger partial charge in [0, 0.05) is 26.2 Å². The molecule has 0 aliphatic carbocycles. The number of hydrogen-bond acceptors (Lipinski definition) is 4. The SMILES string of the molecule is CCNCc1cccc(N2CCCN(C)CC2)n1. The number of aromatic nitrogens is 1. The summed E-state index contributed by atoms with van der Waals surface area (Å²) in [4.78, 5) is 9.54. The van der Waals surface area contributed by atoms with Crippen LogP contribution < -0.4 is 10.2 Å². The monoisotopic (exact) mass is 248 g/mol. The summed E-state index contributed by atoms with van der Waals surface area (Å²) in [5.74, 6) is 1.13. The molecule has 4 heteroatoms. The maximum Gasteiger partial charge on any atom is 0.128 e. The standard InChI is InChI=1S/C14H24N4/c1-3-15-12-13-6-4-7-14(16-13)18-9-5-8-17(2)10-11-18/h4,6-7,15H,3,5,8-12H2,1-2H3. The summed E-state index contributed by atoms with van der Waals surface area (Å²) in [7, 11) is 2.19. The van der Waals surface area contributed by atoms with Gasteiger partial charge in [-0.15, -0.1) is 0 Å². The van der Waals surface area contributed by atoms with Gasteiger partial charge < -0.3 is 15.1 Å². The molecule has 2 heterocycles. The van der Waals surface area contributed by atoms with Gasteiger partial charge in [-0.25, -0.2) is 4.98 Å². The Morgan fingerprint density at radius 2 is 2.11 bits per heavy atom. The molecule has 1 aliphatic heterocycles. The van der Waals surface area contributed by atoms with E-state index in [1.807, 2.05) is 0 Å². The zero-order valence-corrected chi connectivity index (χ0v) is 11.5. The zero-order chi connectivity index (χ0) is 12.8. The highest BCUT2D eigenvalue weighted by atomic mass is 15.2. The van der Waals surface area contributed by atoms with Crippen LogP contribution >= 0.6 is 0 Å². The first-order valence-corrected chi connectivity index (χ1v) is 6.89. The van der Waals surface area contributed by atoms with E-state index in [1.165, 1.54) is 13.0 Å². The number of hydrogen-bond donors (Lipinski definition) is 1. The number of rotatable bonds is 4. The molecule has 2 rings (SSSR count). The molecule has 1 aromatic rings. The van der Waals surface area contributed by atoms with Crippen LogP contribution in [0.3, 0.4) is 0 Å². The molecule has 0 amide bonds. The molecule has 18 heavy (non-hydrogen) atoms. The molecule has 1 aromatic heterocycles. The minimum atomic E-state index is 0.859. The second-order valence-electron chi connectivity index (χ2n) is 4.91. The number of nitrogens with zero attached hydrogens (tertiary/aromatic N) is 3. The minimum absolute atomic E-state index is 0.859. The van der Waals surface area contributed by atoms with Gasteiger partial charge in [-0.2, -0.15) is 0 Å². The van der Waals surface area contributed by atoms with Crippen LogP contribution in [0.4, 0.5) is 5.82 Å². The summed E-state index contributed by atoms with van der Waals surface area (Å²) >= 11 is 0. The van der Waals surface area contributed by atoms with Crippen LogP contribution in [-0.2, 0) is 6.54 Å². The topological polar surface area (TPSA) is 31.4 Å². The van der Waals surface area contributed by atoms with E-state index in [1.54, 1.807) is 0 Å². The quantitative estimate of drug-likeness (QED) is 0.871. The lowest BCUT2D eigenvalue weighted by molar-refractivity contribution is 0.360. The van der Waals surface area contributed by atoms with E-state index in [9.17, 15) is 0 Å². The molecule has 0 bridgehead atoms. The van der Waals surface area contributed by atoms with E-state index in [0.717, 1.165) is 44.2 Å². The first kappa shape index (κ1) is 13.3. The second-order valence-corrected chi connectivity index (χ2v) is 4.91. The van der Waals surface area contributed by atoms with Gasteiger partial charge in [-0.1, -0.05) is 13.0 Å². The molecule has 0 spiro atoms. The minimum Gasteiger partial charge on any atom is -0.355 e. The highest BCUT2D eigenvalue weighted by Gasteiger charge is 2.13. The summed E-state index contributed by atoms with van der Waals surface area (Å²) in [5.41, 5.74) is 1.13. The zero-order valence-electron chi connectivity index (χ0n) is 11.5. The van der Waals surface area contributed by atoms with Gasteiger partial charge in [0.15, 0.2) is 0 Å². The van der Waals surface area contributed by atoms with Crippen molar-refractivity contribution < 1.29 is 0 Å². The average Bonchev–Trinajstić information content (AvgIpc) is 2.61. The second kappa shape index (κ2) is 6.71. The van der Waals surface area contributed by atoms with Gasteiger partial charge in [-0.05, 0) is 38.7 Å². The fraction of sp³-hybridized carbons (Fsp3) is 0.643. The third kappa shape index (κ3) is 3.68. The molecule has 100 valence electrons. The van der Waals surface area contributed by atoms with Crippen molar-refractivity contribution >= 4 is 5.82 Å². The van der Waals surface area contributed by atoms with Crippen molar-refractivity contribution in [1.82, 2.24) is 15.2 Å². The Bertz CT molecular complexity index is 367. The summed E-state index contributed by atoms with van der Waals surface area (Å²) in [6, 6.07) is 6.33. The first-order chi connectivity index (χ1) is 8.79. The smallest absolute Gasteiger partial charge is 0.128 e. The van der Waals surface area contributed by atoms with Crippen molar-refractivity contribution in [2.75, 3.05) is 44.7 Å². The van der Waals surface area contributed by atoms with Crippen molar-refractivity contribution in [3.63, 3.8) is 0 Å². The summed E-state index contributed by atoms with van der Waals surface area (Å²) < 4.78 is 0. The lowest BCUT2D eigenvalue weighted by atomic mass is 10.3. The van der Waals surface area contributed by atoms with E-state index in [4.69, 9.17) is 4.98 Å².